The Kier molecular flexibility index (Phi) is 6.60. The molecule has 8 nitrogen and oxygen atoms in total. The zero-order valence-electron chi connectivity index (χ0n) is 19.1. The van der Waals surface area contributed by atoms with Crippen LogP contribution in [0.3, 0.4) is 0 Å². The quantitative estimate of drug-likeness (QED) is 0.604. The van der Waals surface area contributed by atoms with Gasteiger partial charge in [-0.25, -0.2) is 13.2 Å². The number of piperidine rings is 1. The van der Waals surface area contributed by atoms with Gasteiger partial charge in [-0.3, -0.25) is 9.36 Å². The third-order valence-electron chi connectivity index (χ3n) is 6.38. The molecule has 0 saturated carbocycles. The van der Waals surface area contributed by atoms with E-state index in [0.29, 0.717) is 37.1 Å². The van der Waals surface area contributed by atoms with Crippen LogP contribution in [0.25, 0.3) is 5.69 Å². The van der Waals surface area contributed by atoms with E-state index in [-0.39, 0.29) is 28.6 Å². The van der Waals surface area contributed by atoms with Crippen molar-refractivity contribution in [2.45, 2.75) is 68.0 Å². The number of carbonyl (C=O) groups excluding carboxylic acids is 1. The topological polar surface area (TPSA) is 94.9 Å². The summed E-state index contributed by atoms with van der Waals surface area (Å²) >= 11 is 0. The van der Waals surface area contributed by atoms with Gasteiger partial charge in [-0.15, -0.1) is 0 Å². The molecule has 2 fully saturated rings. The Hall–Kier alpha value is -3.02. The Bertz CT molecular complexity index is 1250. The van der Waals surface area contributed by atoms with E-state index in [4.69, 9.17) is 4.74 Å². The summed E-state index contributed by atoms with van der Waals surface area (Å²) in [5.41, 5.74) is 0.117. The number of carbonyl (C=O) groups is 1. The lowest BCUT2D eigenvalue weighted by molar-refractivity contribution is -0.200. The lowest BCUT2D eigenvalue weighted by Gasteiger charge is -2.38. The van der Waals surface area contributed by atoms with Gasteiger partial charge in [0.15, 0.2) is 15.9 Å². The molecule has 4 rings (SSSR count). The van der Waals surface area contributed by atoms with Gasteiger partial charge in [0, 0.05) is 49.1 Å². The van der Waals surface area contributed by atoms with Crippen LogP contribution in [-0.4, -0.2) is 60.7 Å². The predicted octanol–water partition coefficient (Wildman–Crippen LogP) is 3.70. The van der Waals surface area contributed by atoms with Crippen LogP contribution in [0.1, 0.15) is 32.6 Å². The first-order valence-corrected chi connectivity index (χ1v) is 13.0. The third-order valence-corrected chi connectivity index (χ3v) is 7.50. The number of alkyl halides is 3. The van der Waals surface area contributed by atoms with Crippen molar-refractivity contribution in [1.29, 1.82) is 0 Å². The Morgan fingerprint density at radius 2 is 1.69 bits per heavy atom. The summed E-state index contributed by atoms with van der Waals surface area (Å²) in [5.74, 6) is 0.338. The van der Waals surface area contributed by atoms with Crippen LogP contribution in [-0.2, 0) is 14.6 Å². The van der Waals surface area contributed by atoms with Crippen LogP contribution in [0.5, 0.6) is 5.75 Å². The summed E-state index contributed by atoms with van der Waals surface area (Å²) in [6.45, 7) is 0.803. The van der Waals surface area contributed by atoms with Crippen molar-refractivity contribution in [3.05, 3.63) is 52.9 Å². The smallest absolute Gasteiger partial charge is 0.425 e. The average Bonchev–Trinajstić information content (AvgIpc) is 3.03. The molecule has 1 amide bonds. The molecular formula is C23H25F3N2O6S. The van der Waals surface area contributed by atoms with E-state index in [1.807, 2.05) is 0 Å². The number of benzene rings is 1. The number of pyridine rings is 1. The Balaban J connectivity index is 1.41. The number of halogens is 3. The van der Waals surface area contributed by atoms with E-state index >= 15 is 0 Å². The fourth-order valence-corrected chi connectivity index (χ4v) is 5.22. The maximum atomic E-state index is 12.8. The summed E-state index contributed by atoms with van der Waals surface area (Å²) in [6.07, 6.45) is -3.33. The second-order valence-electron chi connectivity index (χ2n) is 8.91. The van der Waals surface area contributed by atoms with Gasteiger partial charge in [0.25, 0.3) is 5.56 Å². The van der Waals surface area contributed by atoms with Gasteiger partial charge in [-0.1, -0.05) is 0 Å². The SMILES string of the molecule is CC(OC(=O)N1C2CC[C@@H]1CC(Oc1ccn(-c3ccc(S(C)(=O)=O)cc3)c(=O)c1)C2)C(F)(F)F. The van der Waals surface area contributed by atoms with E-state index in [9.17, 15) is 31.2 Å². The predicted molar refractivity (Wildman–Crippen MR) is 119 cm³/mol. The highest BCUT2D eigenvalue weighted by Gasteiger charge is 2.47. The van der Waals surface area contributed by atoms with Crippen LogP contribution in [0.2, 0.25) is 0 Å². The molecule has 2 aliphatic heterocycles. The van der Waals surface area contributed by atoms with Crippen LogP contribution >= 0.6 is 0 Å². The van der Waals surface area contributed by atoms with Gasteiger partial charge in [0.1, 0.15) is 11.9 Å². The average molecular weight is 515 g/mol. The monoisotopic (exact) mass is 514 g/mol. The number of aromatic nitrogens is 1. The number of fused-ring (bicyclic) bond motifs is 2. The van der Waals surface area contributed by atoms with E-state index < -0.39 is 28.2 Å². The molecular weight excluding hydrogens is 489 g/mol. The normalized spacial score (nSPS) is 23.1. The lowest BCUT2D eigenvalue weighted by atomic mass is 10.0. The zero-order chi connectivity index (χ0) is 25.5. The van der Waals surface area contributed by atoms with Gasteiger partial charge in [0.05, 0.1) is 4.90 Å². The molecule has 0 aliphatic carbocycles. The maximum absolute atomic E-state index is 12.8. The first kappa shape index (κ1) is 25.1. The van der Waals surface area contributed by atoms with E-state index in [1.54, 1.807) is 6.07 Å². The molecule has 2 saturated heterocycles. The van der Waals surface area contributed by atoms with Crippen molar-refractivity contribution in [1.82, 2.24) is 9.47 Å². The van der Waals surface area contributed by atoms with Crippen LogP contribution < -0.4 is 10.3 Å². The molecule has 4 atom stereocenters. The minimum atomic E-state index is -4.62. The molecule has 0 N–H and O–H groups in total. The number of hydrogen-bond acceptors (Lipinski definition) is 6. The number of nitrogens with zero attached hydrogens (tertiary/aromatic N) is 2. The zero-order valence-corrected chi connectivity index (χ0v) is 19.9. The minimum absolute atomic E-state index is 0.145. The Labute approximate surface area is 200 Å². The number of ether oxygens (including phenoxy) is 2. The van der Waals surface area contributed by atoms with Crippen molar-refractivity contribution in [3.63, 3.8) is 0 Å². The molecule has 3 unspecified atom stereocenters. The maximum Gasteiger partial charge on any atom is 0.425 e. The minimum Gasteiger partial charge on any atom is -0.490 e. The summed E-state index contributed by atoms with van der Waals surface area (Å²) in [4.78, 5) is 26.5. The summed E-state index contributed by atoms with van der Waals surface area (Å²) in [7, 11) is -3.35. The molecule has 12 heteroatoms. The molecule has 2 aliphatic rings. The number of sulfone groups is 1. The standard InChI is InChI=1S/C23H25F3N2O6S/c1-14(23(24,25)26)33-22(30)28-16-3-4-17(28)12-19(11-16)34-18-9-10-27(21(29)13-18)15-5-7-20(8-6-15)35(2,31)32/h5-10,13-14,16-17,19H,3-4,11-12H2,1-2H3/t14?,16-,17?,19?/m1/s1. The van der Waals surface area contributed by atoms with Gasteiger partial charge in [0.2, 0.25) is 0 Å². The van der Waals surface area contributed by atoms with Crippen molar-refractivity contribution in [2.75, 3.05) is 6.26 Å². The molecule has 2 aromatic rings. The molecule has 190 valence electrons. The highest BCUT2D eigenvalue weighted by atomic mass is 32.2. The summed E-state index contributed by atoms with van der Waals surface area (Å²) < 4.78 is 73.5. The van der Waals surface area contributed by atoms with Crippen molar-refractivity contribution < 1.29 is 35.9 Å². The van der Waals surface area contributed by atoms with Gasteiger partial charge in [-0.2, -0.15) is 13.2 Å². The van der Waals surface area contributed by atoms with E-state index in [1.165, 1.54) is 46.0 Å². The van der Waals surface area contributed by atoms with Gasteiger partial charge >= 0.3 is 12.3 Å². The molecule has 2 bridgehead atoms. The first-order chi connectivity index (χ1) is 16.3. The third kappa shape index (κ3) is 5.47. The molecule has 1 aromatic carbocycles. The second-order valence-corrected chi connectivity index (χ2v) is 10.9. The van der Waals surface area contributed by atoms with Crippen LogP contribution in [0.4, 0.5) is 18.0 Å². The van der Waals surface area contributed by atoms with Crippen molar-refractivity contribution in [3.8, 4) is 11.4 Å². The number of hydrogen-bond donors (Lipinski definition) is 0. The highest BCUT2D eigenvalue weighted by molar-refractivity contribution is 7.90. The first-order valence-electron chi connectivity index (χ1n) is 11.1. The molecule has 0 radical (unpaired) electrons. The molecule has 0 spiro atoms. The van der Waals surface area contributed by atoms with Crippen molar-refractivity contribution >= 4 is 15.9 Å². The fourth-order valence-electron chi connectivity index (χ4n) is 4.59. The fraction of sp³-hybridized carbons (Fsp3) is 0.478. The van der Waals surface area contributed by atoms with E-state index in [0.717, 1.165) is 13.2 Å². The number of rotatable bonds is 5. The summed E-state index contributed by atoms with van der Waals surface area (Å²) in [6, 6.07) is 8.25. The van der Waals surface area contributed by atoms with Crippen molar-refractivity contribution in [2.24, 2.45) is 0 Å². The number of amides is 1. The largest absolute Gasteiger partial charge is 0.490 e. The summed E-state index contributed by atoms with van der Waals surface area (Å²) in [5, 5.41) is 0. The van der Waals surface area contributed by atoms with E-state index in [2.05, 4.69) is 4.74 Å². The lowest BCUT2D eigenvalue weighted by Crippen LogP contribution is -2.50. The second kappa shape index (κ2) is 9.21. The highest BCUT2D eigenvalue weighted by Crippen LogP contribution is 2.38. The van der Waals surface area contributed by atoms with Crippen LogP contribution in [0, 0.1) is 0 Å². The molecule has 3 heterocycles. The Morgan fingerprint density at radius 1 is 1.09 bits per heavy atom. The molecule has 1 aromatic heterocycles. The van der Waals surface area contributed by atoms with Crippen LogP contribution in [0.15, 0.2) is 52.3 Å². The van der Waals surface area contributed by atoms with Gasteiger partial charge in [-0.05, 0) is 50.1 Å². The van der Waals surface area contributed by atoms with Gasteiger partial charge < -0.3 is 14.4 Å². The Morgan fingerprint density at radius 3 is 2.20 bits per heavy atom. The molecule has 35 heavy (non-hydrogen) atoms.